The van der Waals surface area contributed by atoms with Gasteiger partial charge in [-0.25, -0.2) is 0 Å². The van der Waals surface area contributed by atoms with Gasteiger partial charge in [0.1, 0.15) is 0 Å². The molecule has 0 aromatic carbocycles. The summed E-state index contributed by atoms with van der Waals surface area (Å²) >= 11 is 2.07. The van der Waals surface area contributed by atoms with Crippen molar-refractivity contribution in [2.45, 2.75) is 0 Å². The first kappa shape index (κ1) is 24.9. The second-order valence-corrected chi connectivity index (χ2v) is 3.54. The van der Waals surface area contributed by atoms with Gasteiger partial charge < -0.3 is 30.8 Å². The van der Waals surface area contributed by atoms with Crippen LogP contribution in [0.1, 0.15) is 0 Å². The van der Waals surface area contributed by atoms with Crippen LogP contribution >= 0.6 is 23.5 Å². The molecule has 0 heterocycles. The molecule has 0 amide bonds. The first-order chi connectivity index (χ1) is 5.54. The van der Waals surface area contributed by atoms with E-state index in [0.29, 0.717) is 0 Å². The minimum atomic E-state index is -1.71. The molecular formula is C6H10BaO6S2. The van der Waals surface area contributed by atoms with Gasteiger partial charge in [-0.15, -0.1) is 23.5 Å². The van der Waals surface area contributed by atoms with Gasteiger partial charge in [-0.3, -0.25) is 0 Å². The van der Waals surface area contributed by atoms with Crippen molar-refractivity contribution in [3.8, 4) is 0 Å². The van der Waals surface area contributed by atoms with E-state index in [0.717, 1.165) is 23.5 Å². The topological polar surface area (TPSA) is 143 Å². The Kier molecular flexibility index (Phi) is 21.5. The van der Waals surface area contributed by atoms with Crippen molar-refractivity contribution in [1.29, 1.82) is 0 Å². The van der Waals surface area contributed by atoms with E-state index >= 15 is 0 Å². The number of carboxylic acids is 2. The number of carboxylic acid groups (broad SMARTS) is 2. The van der Waals surface area contributed by atoms with Crippen LogP contribution in [0.15, 0.2) is 9.81 Å². The normalized spacial score (nSPS) is 7.33. The number of thioether (sulfide) groups is 2. The Hall–Kier alpha value is 0.871. The fourth-order valence-corrected chi connectivity index (χ4v) is 1.95. The van der Waals surface area contributed by atoms with Crippen molar-refractivity contribution in [1.82, 2.24) is 0 Å². The van der Waals surface area contributed by atoms with E-state index in [-0.39, 0.29) is 64.1 Å². The molecule has 9 heteroatoms. The molecule has 0 saturated heterocycles. The third-order valence-corrected chi connectivity index (χ3v) is 3.13. The summed E-state index contributed by atoms with van der Waals surface area (Å²) in [4.78, 5) is 20.6. The maximum absolute atomic E-state index is 10.3. The molecule has 0 bridgehead atoms. The van der Waals surface area contributed by atoms with Gasteiger partial charge in [0.25, 0.3) is 0 Å². The molecule has 84 valence electrons. The van der Waals surface area contributed by atoms with Crippen LogP contribution in [-0.2, 0) is 9.59 Å². The average Bonchev–Trinajstić information content (AvgIpc) is 1.98. The second-order valence-electron chi connectivity index (χ2n) is 1.65. The van der Waals surface area contributed by atoms with Gasteiger partial charge in [-0.05, 0) is 12.5 Å². The standard InChI is InChI=1S/C6H8O4S2.Ba.2H2O/c1-11-6(12-2)3(4(7)8)5(9)10;;;/h1-2H3,(H,7,8)(H,9,10);;2*1H2/q;+2;;/p-2. The van der Waals surface area contributed by atoms with Gasteiger partial charge in [-0.2, -0.15) is 0 Å². The minimum absolute atomic E-state index is 0. The summed E-state index contributed by atoms with van der Waals surface area (Å²) in [6.07, 6.45) is 3.16. The second kappa shape index (κ2) is 12.9. The van der Waals surface area contributed by atoms with E-state index in [1.54, 1.807) is 12.5 Å². The number of carbonyl (C=O) groups is 2. The zero-order valence-electron chi connectivity index (χ0n) is 8.16. The first-order valence-corrected chi connectivity index (χ1v) is 5.24. The molecule has 0 aromatic heterocycles. The summed E-state index contributed by atoms with van der Waals surface area (Å²) in [5, 5.41) is 20.6. The number of rotatable bonds is 4. The van der Waals surface area contributed by atoms with Gasteiger partial charge in [-0.1, -0.05) is 0 Å². The molecule has 0 aliphatic carbocycles. The van der Waals surface area contributed by atoms with E-state index < -0.39 is 17.5 Å². The maximum Gasteiger partial charge on any atom is 2.00 e. The molecule has 0 aromatic rings. The van der Waals surface area contributed by atoms with E-state index in [1.807, 2.05) is 0 Å². The molecule has 0 radical (unpaired) electrons. The molecule has 6 nitrogen and oxygen atoms in total. The molecule has 15 heavy (non-hydrogen) atoms. The van der Waals surface area contributed by atoms with Crippen LogP contribution in [0, 0.1) is 0 Å². The predicted octanol–water partition coefficient (Wildman–Crippen LogP) is -3.61. The van der Waals surface area contributed by atoms with Crippen molar-refractivity contribution < 1.29 is 30.8 Å². The van der Waals surface area contributed by atoms with Crippen molar-refractivity contribution in [3.63, 3.8) is 0 Å². The van der Waals surface area contributed by atoms with E-state index in [1.165, 1.54) is 0 Å². The summed E-state index contributed by atoms with van der Waals surface area (Å²) in [6, 6.07) is 0. The number of hydrogen-bond donors (Lipinski definition) is 0. The molecule has 0 unspecified atom stereocenters. The Bertz CT molecular complexity index is 220. The smallest absolute Gasteiger partial charge is 0.545 e. The van der Waals surface area contributed by atoms with E-state index in [9.17, 15) is 19.8 Å². The first-order valence-electron chi connectivity index (χ1n) is 2.79. The van der Waals surface area contributed by atoms with Crippen molar-refractivity contribution in [2.75, 3.05) is 12.5 Å². The third kappa shape index (κ3) is 8.66. The van der Waals surface area contributed by atoms with Crippen LogP contribution in [0.2, 0.25) is 0 Å². The van der Waals surface area contributed by atoms with Gasteiger partial charge >= 0.3 is 48.9 Å². The number of hydrogen-bond acceptors (Lipinski definition) is 6. The van der Waals surface area contributed by atoms with Crippen LogP contribution in [0.5, 0.6) is 0 Å². The molecule has 0 saturated carbocycles. The van der Waals surface area contributed by atoms with Crippen molar-refractivity contribution in [2.24, 2.45) is 0 Å². The SMILES string of the molecule is CSC(SC)=C(C(=O)[O-])C(=O)[O-].O.O.[Ba+2]. The van der Waals surface area contributed by atoms with Crippen molar-refractivity contribution in [3.05, 3.63) is 9.81 Å². The van der Waals surface area contributed by atoms with Crippen molar-refractivity contribution >= 4 is 84.3 Å². The van der Waals surface area contributed by atoms with Crippen LogP contribution in [-0.4, -0.2) is 84.3 Å². The fourth-order valence-electron chi connectivity index (χ4n) is 0.537. The molecule has 0 fully saturated rings. The Morgan fingerprint density at radius 1 is 0.933 bits per heavy atom. The molecule has 0 aliphatic heterocycles. The Morgan fingerprint density at radius 3 is 1.27 bits per heavy atom. The third-order valence-electron chi connectivity index (χ3n) is 0.983. The number of aliphatic carboxylic acids is 2. The van der Waals surface area contributed by atoms with Crippen LogP contribution in [0.25, 0.3) is 0 Å². The fraction of sp³-hybridized carbons (Fsp3) is 0.333. The average molecular weight is 380 g/mol. The van der Waals surface area contributed by atoms with Gasteiger partial charge in [0.05, 0.1) is 16.2 Å². The monoisotopic (exact) mass is 380 g/mol. The summed E-state index contributed by atoms with van der Waals surface area (Å²) in [6.45, 7) is 0. The van der Waals surface area contributed by atoms with E-state index in [2.05, 4.69) is 0 Å². The zero-order chi connectivity index (χ0) is 9.72. The maximum atomic E-state index is 10.3. The Morgan fingerprint density at radius 2 is 1.20 bits per heavy atom. The zero-order valence-corrected chi connectivity index (χ0v) is 14.2. The Balaban J connectivity index is -0.000000202. The molecule has 0 rings (SSSR count). The van der Waals surface area contributed by atoms with Gasteiger partial charge in [0.15, 0.2) is 0 Å². The minimum Gasteiger partial charge on any atom is -0.545 e. The van der Waals surface area contributed by atoms with Gasteiger partial charge in [0, 0.05) is 5.57 Å². The summed E-state index contributed by atoms with van der Waals surface area (Å²) in [7, 11) is 0. The Labute approximate surface area is 136 Å². The summed E-state index contributed by atoms with van der Waals surface area (Å²) in [5.74, 6) is -3.43. The summed E-state index contributed by atoms with van der Waals surface area (Å²) in [5.41, 5.74) is -0.782. The molecule has 4 N–H and O–H groups in total. The number of carbonyl (C=O) groups excluding carboxylic acids is 2. The molecule has 0 atom stereocenters. The molecular weight excluding hydrogens is 370 g/mol. The van der Waals surface area contributed by atoms with Crippen LogP contribution in [0.3, 0.4) is 0 Å². The van der Waals surface area contributed by atoms with E-state index in [4.69, 9.17) is 0 Å². The summed E-state index contributed by atoms with van der Waals surface area (Å²) < 4.78 is 0.176. The largest absolute Gasteiger partial charge is 2.00 e. The van der Waals surface area contributed by atoms with Gasteiger partial charge in [0.2, 0.25) is 0 Å². The molecule has 0 aliphatic rings. The predicted molar refractivity (Wildman–Crippen MR) is 57.1 cm³/mol. The quantitative estimate of drug-likeness (QED) is 0.214. The van der Waals surface area contributed by atoms with Crippen LogP contribution < -0.4 is 10.2 Å². The molecule has 0 spiro atoms. The van der Waals surface area contributed by atoms with Crippen LogP contribution in [0.4, 0.5) is 0 Å².